The number of benzene rings is 1. The molecule has 0 amide bonds. The molecular weight excluding hydrogens is 260 g/mol. The molecule has 4 heteroatoms. The van der Waals surface area contributed by atoms with Crippen molar-refractivity contribution in [3.05, 3.63) is 58.9 Å². The minimum absolute atomic E-state index is 0.0185. The van der Waals surface area contributed by atoms with Gasteiger partial charge in [0.05, 0.1) is 12.3 Å². The second kappa shape index (κ2) is 4.68. The molecule has 0 aliphatic carbocycles. The summed E-state index contributed by atoms with van der Waals surface area (Å²) in [6.07, 6.45) is 3.87. The number of aliphatic hydroxyl groups excluding tert-OH is 1. The molecule has 2 aromatic heterocycles. The molecule has 0 saturated heterocycles. The van der Waals surface area contributed by atoms with Crippen LogP contribution >= 0.6 is 11.6 Å². The summed E-state index contributed by atoms with van der Waals surface area (Å²) < 4.78 is 1.92. The van der Waals surface area contributed by atoms with Gasteiger partial charge < -0.3 is 9.51 Å². The fourth-order valence-corrected chi connectivity index (χ4v) is 2.37. The Kier molecular flexibility index (Phi) is 3.01. The molecule has 0 saturated carbocycles. The van der Waals surface area contributed by atoms with Gasteiger partial charge in [-0.25, -0.2) is 4.98 Å². The first kappa shape index (κ1) is 12.2. The van der Waals surface area contributed by atoms with Crippen LogP contribution in [0.4, 0.5) is 0 Å². The average molecular weight is 273 g/mol. The Labute approximate surface area is 116 Å². The Bertz CT molecular complexity index is 749. The topological polar surface area (TPSA) is 37.5 Å². The van der Waals surface area contributed by atoms with E-state index in [0.717, 1.165) is 28.0 Å². The van der Waals surface area contributed by atoms with Crippen LogP contribution in [-0.2, 0) is 6.61 Å². The molecule has 3 rings (SSSR count). The van der Waals surface area contributed by atoms with E-state index < -0.39 is 0 Å². The summed E-state index contributed by atoms with van der Waals surface area (Å²) in [5, 5.41) is 10.0. The van der Waals surface area contributed by atoms with Gasteiger partial charge in [-0.15, -0.1) is 0 Å². The molecule has 1 aromatic carbocycles. The Balaban J connectivity index is 2.23. The lowest BCUT2D eigenvalue weighted by molar-refractivity contribution is 0.282. The van der Waals surface area contributed by atoms with Gasteiger partial charge in [-0.05, 0) is 30.7 Å². The van der Waals surface area contributed by atoms with Crippen LogP contribution in [0.5, 0.6) is 0 Å². The second-order valence-corrected chi connectivity index (χ2v) is 4.94. The van der Waals surface area contributed by atoms with Crippen molar-refractivity contribution in [1.82, 2.24) is 9.38 Å². The minimum atomic E-state index is -0.0185. The number of hydrogen-bond donors (Lipinski definition) is 1. The second-order valence-electron chi connectivity index (χ2n) is 4.51. The fourth-order valence-electron chi connectivity index (χ4n) is 2.19. The highest BCUT2D eigenvalue weighted by molar-refractivity contribution is 6.30. The van der Waals surface area contributed by atoms with E-state index >= 15 is 0 Å². The SMILES string of the molecule is Cc1ccc(Cl)cc1-c1cn2cccc(CO)c2n1. The van der Waals surface area contributed by atoms with Crippen molar-refractivity contribution in [3.63, 3.8) is 0 Å². The number of fused-ring (bicyclic) bond motifs is 1. The Morgan fingerprint density at radius 3 is 2.95 bits per heavy atom. The van der Waals surface area contributed by atoms with Gasteiger partial charge >= 0.3 is 0 Å². The van der Waals surface area contributed by atoms with Gasteiger partial charge in [-0.3, -0.25) is 0 Å². The van der Waals surface area contributed by atoms with Crippen molar-refractivity contribution in [3.8, 4) is 11.3 Å². The van der Waals surface area contributed by atoms with Crippen LogP contribution in [0.2, 0.25) is 5.02 Å². The van der Waals surface area contributed by atoms with Gasteiger partial charge in [0.25, 0.3) is 0 Å². The van der Waals surface area contributed by atoms with Crippen molar-refractivity contribution >= 4 is 17.2 Å². The first-order valence-corrected chi connectivity index (χ1v) is 6.41. The van der Waals surface area contributed by atoms with Crippen LogP contribution in [0, 0.1) is 6.92 Å². The number of pyridine rings is 1. The van der Waals surface area contributed by atoms with Crippen molar-refractivity contribution in [2.24, 2.45) is 0 Å². The maximum atomic E-state index is 9.34. The van der Waals surface area contributed by atoms with Crippen LogP contribution in [0.15, 0.2) is 42.7 Å². The quantitative estimate of drug-likeness (QED) is 0.776. The molecule has 1 N–H and O–H groups in total. The fraction of sp³-hybridized carbons (Fsp3) is 0.133. The molecule has 3 nitrogen and oxygen atoms in total. The summed E-state index contributed by atoms with van der Waals surface area (Å²) >= 11 is 6.05. The van der Waals surface area contributed by atoms with E-state index in [9.17, 15) is 5.11 Å². The normalized spacial score (nSPS) is 11.1. The summed E-state index contributed by atoms with van der Waals surface area (Å²) in [7, 11) is 0. The molecule has 0 atom stereocenters. The predicted molar refractivity (Wildman–Crippen MR) is 76.3 cm³/mol. The molecule has 0 radical (unpaired) electrons. The van der Waals surface area contributed by atoms with E-state index in [1.165, 1.54) is 0 Å². The van der Waals surface area contributed by atoms with Crippen LogP contribution in [0.3, 0.4) is 0 Å². The molecule has 19 heavy (non-hydrogen) atoms. The van der Waals surface area contributed by atoms with Gasteiger partial charge in [0, 0.05) is 28.5 Å². The minimum Gasteiger partial charge on any atom is -0.392 e. The molecular formula is C15H13ClN2O. The van der Waals surface area contributed by atoms with Crippen LogP contribution < -0.4 is 0 Å². The third kappa shape index (κ3) is 2.11. The maximum absolute atomic E-state index is 9.34. The zero-order chi connectivity index (χ0) is 13.4. The molecule has 0 spiro atoms. The summed E-state index contributed by atoms with van der Waals surface area (Å²) in [4.78, 5) is 4.60. The number of rotatable bonds is 2. The molecule has 0 fully saturated rings. The molecule has 0 aliphatic heterocycles. The third-order valence-corrected chi connectivity index (χ3v) is 3.44. The van der Waals surface area contributed by atoms with Gasteiger partial charge in [0.1, 0.15) is 5.65 Å². The monoisotopic (exact) mass is 272 g/mol. The van der Waals surface area contributed by atoms with Gasteiger partial charge in [0.2, 0.25) is 0 Å². The summed E-state index contributed by atoms with van der Waals surface area (Å²) in [6.45, 7) is 2.01. The van der Waals surface area contributed by atoms with Gasteiger partial charge in [-0.1, -0.05) is 23.7 Å². The highest BCUT2D eigenvalue weighted by atomic mass is 35.5. The lowest BCUT2D eigenvalue weighted by Crippen LogP contribution is -1.90. The Hall–Kier alpha value is -1.84. The number of hydrogen-bond acceptors (Lipinski definition) is 2. The van der Waals surface area contributed by atoms with Gasteiger partial charge in [0.15, 0.2) is 0 Å². The number of aliphatic hydroxyl groups is 1. The first-order valence-electron chi connectivity index (χ1n) is 6.03. The lowest BCUT2D eigenvalue weighted by atomic mass is 10.1. The van der Waals surface area contributed by atoms with E-state index in [1.807, 2.05) is 54.0 Å². The number of aromatic nitrogens is 2. The third-order valence-electron chi connectivity index (χ3n) is 3.21. The zero-order valence-electron chi connectivity index (χ0n) is 10.5. The zero-order valence-corrected chi connectivity index (χ0v) is 11.2. The molecule has 0 aliphatic rings. The smallest absolute Gasteiger partial charge is 0.142 e. The number of nitrogens with zero attached hydrogens (tertiary/aromatic N) is 2. The Morgan fingerprint density at radius 2 is 2.16 bits per heavy atom. The van der Waals surface area contributed by atoms with Crippen molar-refractivity contribution in [1.29, 1.82) is 0 Å². The van der Waals surface area contributed by atoms with E-state index in [1.54, 1.807) is 0 Å². The van der Waals surface area contributed by atoms with E-state index in [2.05, 4.69) is 4.98 Å². The average Bonchev–Trinajstić information content (AvgIpc) is 2.85. The van der Waals surface area contributed by atoms with E-state index in [4.69, 9.17) is 11.6 Å². The maximum Gasteiger partial charge on any atom is 0.142 e. The van der Waals surface area contributed by atoms with Crippen molar-refractivity contribution in [2.45, 2.75) is 13.5 Å². The standard InChI is InChI=1S/C15H13ClN2O/c1-10-4-5-12(16)7-13(10)14-8-18-6-2-3-11(9-19)15(18)17-14/h2-8,19H,9H2,1H3. The highest BCUT2D eigenvalue weighted by Crippen LogP contribution is 2.26. The number of halogens is 1. The molecule has 3 aromatic rings. The predicted octanol–water partition coefficient (Wildman–Crippen LogP) is 3.46. The van der Waals surface area contributed by atoms with E-state index in [0.29, 0.717) is 5.02 Å². The summed E-state index contributed by atoms with van der Waals surface area (Å²) in [5.41, 5.74) is 4.59. The molecule has 96 valence electrons. The van der Waals surface area contributed by atoms with Crippen LogP contribution in [-0.4, -0.2) is 14.5 Å². The van der Waals surface area contributed by atoms with Crippen LogP contribution in [0.1, 0.15) is 11.1 Å². The molecule has 0 unspecified atom stereocenters. The highest BCUT2D eigenvalue weighted by Gasteiger charge is 2.09. The van der Waals surface area contributed by atoms with E-state index in [-0.39, 0.29) is 6.61 Å². The largest absolute Gasteiger partial charge is 0.392 e. The Morgan fingerprint density at radius 1 is 1.32 bits per heavy atom. The number of aryl methyl sites for hydroxylation is 1. The molecule has 0 bridgehead atoms. The van der Waals surface area contributed by atoms with Crippen molar-refractivity contribution in [2.75, 3.05) is 0 Å². The lowest BCUT2D eigenvalue weighted by Gasteiger charge is -2.02. The number of imidazole rings is 1. The van der Waals surface area contributed by atoms with Gasteiger partial charge in [-0.2, -0.15) is 0 Å². The van der Waals surface area contributed by atoms with Crippen LogP contribution in [0.25, 0.3) is 16.9 Å². The summed E-state index contributed by atoms with van der Waals surface area (Å²) in [6, 6.07) is 9.53. The summed E-state index contributed by atoms with van der Waals surface area (Å²) in [5.74, 6) is 0. The van der Waals surface area contributed by atoms with Crippen molar-refractivity contribution < 1.29 is 5.11 Å². The molecule has 2 heterocycles. The first-order chi connectivity index (χ1) is 9.19.